The van der Waals surface area contributed by atoms with Crippen molar-refractivity contribution in [3.8, 4) is 0 Å². The van der Waals surface area contributed by atoms with E-state index in [0.29, 0.717) is 6.61 Å². The number of ether oxygens (including phenoxy) is 1. The second-order valence-corrected chi connectivity index (χ2v) is 1.75. The molecule has 0 aromatic rings. The molecular weight excluding hydrogens is 88.1 g/mol. The molecule has 0 bridgehead atoms. The lowest BCUT2D eigenvalue weighted by molar-refractivity contribution is 0.277. The molecule has 0 N–H and O–H groups in total. The summed E-state index contributed by atoms with van der Waals surface area (Å²) in [5.41, 5.74) is 1.13. The number of rotatable bonds is 0. The first kappa shape index (κ1) is 4.44. The van der Waals surface area contributed by atoms with E-state index in [4.69, 9.17) is 4.74 Å². The van der Waals surface area contributed by atoms with Crippen LogP contribution >= 0.6 is 0 Å². The van der Waals surface area contributed by atoms with Crippen LogP contribution in [0.25, 0.3) is 0 Å². The highest BCUT2D eigenvalue weighted by Crippen LogP contribution is 2.17. The van der Waals surface area contributed by atoms with Crippen molar-refractivity contribution in [1.29, 1.82) is 0 Å². The van der Waals surface area contributed by atoms with Crippen molar-refractivity contribution in [2.45, 2.75) is 6.42 Å². The molecule has 0 saturated carbocycles. The van der Waals surface area contributed by atoms with E-state index < -0.39 is 0 Å². The van der Waals surface area contributed by atoms with Crippen LogP contribution in [0.3, 0.4) is 0 Å². The largest absolute Gasteiger partial charge is 0.494 e. The SMILES string of the molecule is C=C1COC(=C)C1. The summed E-state index contributed by atoms with van der Waals surface area (Å²) in [4.78, 5) is 0. The van der Waals surface area contributed by atoms with Gasteiger partial charge >= 0.3 is 0 Å². The monoisotopic (exact) mass is 96.1 g/mol. The zero-order valence-electron chi connectivity index (χ0n) is 4.24. The quantitative estimate of drug-likeness (QED) is 0.415. The Kier molecular flexibility index (Phi) is 0.895. The van der Waals surface area contributed by atoms with E-state index in [1.807, 2.05) is 0 Å². The lowest BCUT2D eigenvalue weighted by Crippen LogP contribution is -1.75. The van der Waals surface area contributed by atoms with E-state index in [9.17, 15) is 0 Å². The van der Waals surface area contributed by atoms with Gasteiger partial charge in [0.2, 0.25) is 0 Å². The van der Waals surface area contributed by atoms with Gasteiger partial charge in [0.25, 0.3) is 0 Å². The molecule has 0 radical (unpaired) electrons. The Hall–Kier alpha value is -0.720. The van der Waals surface area contributed by atoms with Crippen molar-refractivity contribution in [3.05, 3.63) is 24.5 Å². The molecule has 1 rings (SSSR count). The summed E-state index contributed by atoms with van der Waals surface area (Å²) in [5, 5.41) is 0. The summed E-state index contributed by atoms with van der Waals surface area (Å²) < 4.78 is 4.97. The summed E-state index contributed by atoms with van der Waals surface area (Å²) in [5.74, 6) is 0.852. The average Bonchev–Trinajstić information content (AvgIpc) is 1.87. The summed E-state index contributed by atoms with van der Waals surface area (Å²) in [7, 11) is 0. The Morgan fingerprint density at radius 2 is 2.14 bits per heavy atom. The lowest BCUT2D eigenvalue weighted by atomic mass is 10.2. The maximum absolute atomic E-state index is 4.97. The third-order valence-corrected chi connectivity index (χ3v) is 0.928. The summed E-state index contributed by atoms with van der Waals surface area (Å²) in [6.07, 6.45) is 0.861. The van der Waals surface area contributed by atoms with Gasteiger partial charge in [0.15, 0.2) is 0 Å². The van der Waals surface area contributed by atoms with Crippen LogP contribution in [0, 0.1) is 0 Å². The van der Waals surface area contributed by atoms with E-state index in [-0.39, 0.29) is 0 Å². The van der Waals surface area contributed by atoms with Gasteiger partial charge in [0.05, 0.1) is 5.76 Å². The maximum Gasteiger partial charge on any atom is 0.109 e. The lowest BCUT2D eigenvalue weighted by Gasteiger charge is -1.87. The topological polar surface area (TPSA) is 9.23 Å². The average molecular weight is 96.1 g/mol. The molecule has 0 unspecified atom stereocenters. The second-order valence-electron chi connectivity index (χ2n) is 1.75. The van der Waals surface area contributed by atoms with Crippen LogP contribution in [0.5, 0.6) is 0 Å². The van der Waals surface area contributed by atoms with Crippen molar-refractivity contribution in [2.24, 2.45) is 0 Å². The van der Waals surface area contributed by atoms with E-state index in [0.717, 1.165) is 17.8 Å². The van der Waals surface area contributed by atoms with Crippen LogP contribution in [-0.2, 0) is 4.74 Å². The van der Waals surface area contributed by atoms with E-state index in [2.05, 4.69) is 13.2 Å². The highest BCUT2D eigenvalue weighted by molar-refractivity contribution is 5.11. The van der Waals surface area contributed by atoms with Crippen molar-refractivity contribution in [1.82, 2.24) is 0 Å². The van der Waals surface area contributed by atoms with Gasteiger partial charge in [-0.15, -0.1) is 0 Å². The first-order valence-electron chi connectivity index (χ1n) is 2.26. The summed E-state index contributed by atoms with van der Waals surface area (Å²) >= 11 is 0. The molecule has 0 aromatic carbocycles. The summed E-state index contributed by atoms with van der Waals surface area (Å²) in [6, 6.07) is 0. The van der Waals surface area contributed by atoms with Gasteiger partial charge in [-0.25, -0.2) is 0 Å². The molecule has 1 aliphatic heterocycles. The number of hydrogen-bond donors (Lipinski definition) is 0. The minimum Gasteiger partial charge on any atom is -0.494 e. The van der Waals surface area contributed by atoms with Gasteiger partial charge in [-0.2, -0.15) is 0 Å². The zero-order valence-corrected chi connectivity index (χ0v) is 4.24. The molecule has 0 aliphatic carbocycles. The van der Waals surface area contributed by atoms with E-state index in [1.54, 1.807) is 0 Å². The van der Waals surface area contributed by atoms with Crippen molar-refractivity contribution in [3.63, 3.8) is 0 Å². The molecule has 1 heterocycles. The highest BCUT2D eigenvalue weighted by atomic mass is 16.5. The molecule has 1 fully saturated rings. The Morgan fingerprint density at radius 3 is 2.29 bits per heavy atom. The molecule has 1 aliphatic rings. The molecule has 1 nitrogen and oxygen atoms in total. The van der Waals surface area contributed by atoms with Crippen molar-refractivity contribution < 1.29 is 4.74 Å². The Balaban J connectivity index is 2.55. The van der Waals surface area contributed by atoms with Crippen LogP contribution in [0.15, 0.2) is 24.5 Å². The van der Waals surface area contributed by atoms with Crippen molar-refractivity contribution in [2.75, 3.05) is 6.61 Å². The summed E-state index contributed by atoms with van der Waals surface area (Å²) in [6.45, 7) is 8.02. The smallest absolute Gasteiger partial charge is 0.109 e. The van der Waals surface area contributed by atoms with Gasteiger partial charge in [-0.1, -0.05) is 13.2 Å². The zero-order chi connectivity index (χ0) is 5.28. The predicted octanol–water partition coefficient (Wildman–Crippen LogP) is 1.48. The Labute approximate surface area is 43.3 Å². The fourth-order valence-corrected chi connectivity index (χ4v) is 0.585. The third kappa shape index (κ3) is 0.829. The molecule has 1 saturated heterocycles. The van der Waals surface area contributed by atoms with E-state index in [1.165, 1.54) is 0 Å². The van der Waals surface area contributed by atoms with Gasteiger partial charge in [-0.05, 0) is 5.57 Å². The molecular formula is C6H8O. The molecule has 0 spiro atoms. The fraction of sp³-hybridized carbons (Fsp3) is 0.333. The fourth-order valence-electron chi connectivity index (χ4n) is 0.585. The standard InChI is InChI=1S/C6H8O/c1-5-3-6(2)7-4-5/h1-4H2. The first-order chi connectivity index (χ1) is 3.29. The minimum atomic E-state index is 0.679. The molecule has 38 valence electrons. The number of hydrogen-bond acceptors (Lipinski definition) is 1. The number of allylic oxidation sites excluding steroid dienone is 1. The Bertz CT molecular complexity index is 99.3. The van der Waals surface area contributed by atoms with E-state index >= 15 is 0 Å². The van der Waals surface area contributed by atoms with Crippen LogP contribution in [0.2, 0.25) is 0 Å². The van der Waals surface area contributed by atoms with Gasteiger partial charge in [0.1, 0.15) is 6.61 Å². The highest BCUT2D eigenvalue weighted by Gasteiger charge is 2.07. The Morgan fingerprint density at radius 1 is 1.43 bits per heavy atom. The third-order valence-electron chi connectivity index (χ3n) is 0.928. The van der Waals surface area contributed by atoms with Crippen molar-refractivity contribution >= 4 is 0 Å². The van der Waals surface area contributed by atoms with Crippen LogP contribution in [0.4, 0.5) is 0 Å². The first-order valence-corrected chi connectivity index (χ1v) is 2.26. The van der Waals surface area contributed by atoms with Gasteiger partial charge in [0, 0.05) is 6.42 Å². The molecule has 0 amide bonds. The van der Waals surface area contributed by atoms with Crippen LogP contribution < -0.4 is 0 Å². The molecule has 0 aromatic heterocycles. The second kappa shape index (κ2) is 1.41. The minimum absolute atomic E-state index is 0.679. The van der Waals surface area contributed by atoms with Gasteiger partial charge < -0.3 is 4.74 Å². The predicted molar refractivity (Wildman–Crippen MR) is 28.8 cm³/mol. The normalized spacial score (nSPS) is 20.0. The van der Waals surface area contributed by atoms with Gasteiger partial charge in [-0.3, -0.25) is 0 Å². The molecule has 0 atom stereocenters. The maximum atomic E-state index is 4.97. The molecule has 1 heteroatoms. The molecule has 7 heavy (non-hydrogen) atoms. The van der Waals surface area contributed by atoms with Crippen LogP contribution in [0.1, 0.15) is 6.42 Å². The van der Waals surface area contributed by atoms with Crippen LogP contribution in [-0.4, -0.2) is 6.61 Å².